The molecule has 0 aliphatic carbocycles. The molecule has 1 amide bonds. The second kappa shape index (κ2) is 9.84. The molecule has 10 heteroatoms. The van der Waals surface area contributed by atoms with Crippen LogP contribution in [0.2, 0.25) is 0 Å². The van der Waals surface area contributed by atoms with Crippen molar-refractivity contribution in [1.82, 2.24) is 10.3 Å². The molecule has 3 rings (SSSR count). The molecule has 0 atom stereocenters. The average molecular weight is 437 g/mol. The van der Waals surface area contributed by atoms with Gasteiger partial charge >= 0.3 is 6.18 Å². The van der Waals surface area contributed by atoms with Crippen molar-refractivity contribution in [3.8, 4) is 0 Å². The van der Waals surface area contributed by atoms with E-state index in [0.717, 1.165) is 12.3 Å². The van der Waals surface area contributed by atoms with Crippen molar-refractivity contribution >= 4 is 42.2 Å². The van der Waals surface area contributed by atoms with E-state index in [2.05, 4.69) is 10.3 Å². The molecule has 28 heavy (non-hydrogen) atoms. The van der Waals surface area contributed by atoms with E-state index >= 15 is 0 Å². The van der Waals surface area contributed by atoms with Crippen LogP contribution >= 0.6 is 24.8 Å². The van der Waals surface area contributed by atoms with Crippen LogP contribution in [0.4, 0.5) is 24.7 Å². The van der Waals surface area contributed by atoms with Crippen LogP contribution in [0.1, 0.15) is 28.8 Å². The highest BCUT2D eigenvalue weighted by atomic mass is 35.5. The van der Waals surface area contributed by atoms with Gasteiger partial charge in [0, 0.05) is 31.0 Å². The fourth-order valence-electron chi connectivity index (χ4n) is 2.96. The van der Waals surface area contributed by atoms with Gasteiger partial charge in [-0.2, -0.15) is 13.2 Å². The Labute approximate surface area is 173 Å². The maximum atomic E-state index is 12.6. The van der Waals surface area contributed by atoms with Crippen molar-refractivity contribution in [2.45, 2.75) is 25.1 Å². The van der Waals surface area contributed by atoms with Crippen molar-refractivity contribution in [3.63, 3.8) is 0 Å². The van der Waals surface area contributed by atoms with Crippen molar-refractivity contribution < 1.29 is 18.0 Å². The molecule has 1 aromatic carbocycles. The van der Waals surface area contributed by atoms with Crippen LogP contribution in [-0.2, 0) is 6.18 Å². The van der Waals surface area contributed by atoms with E-state index in [1.807, 2.05) is 4.90 Å². The molecule has 0 radical (unpaired) electrons. The number of nitrogens with zero attached hydrogens (tertiary/aromatic N) is 2. The first-order valence-electron chi connectivity index (χ1n) is 8.28. The van der Waals surface area contributed by atoms with E-state index < -0.39 is 11.7 Å². The number of carbonyl (C=O) groups is 1. The highest BCUT2D eigenvalue weighted by Gasteiger charge is 2.31. The fraction of sp³-hybridized carbons (Fsp3) is 0.333. The zero-order valence-electron chi connectivity index (χ0n) is 14.8. The van der Waals surface area contributed by atoms with Gasteiger partial charge in [0.2, 0.25) is 0 Å². The van der Waals surface area contributed by atoms with Crippen LogP contribution in [0.25, 0.3) is 0 Å². The molecule has 0 saturated carbocycles. The number of piperidine rings is 1. The molecule has 1 aliphatic heterocycles. The monoisotopic (exact) mass is 436 g/mol. The number of halogens is 5. The predicted molar refractivity (Wildman–Crippen MR) is 107 cm³/mol. The third kappa shape index (κ3) is 5.65. The summed E-state index contributed by atoms with van der Waals surface area (Å²) in [4.78, 5) is 18.1. The first kappa shape index (κ1) is 23.8. The number of benzene rings is 1. The summed E-state index contributed by atoms with van der Waals surface area (Å²) in [5.41, 5.74) is 5.92. The Hall–Kier alpha value is -2.19. The Morgan fingerprint density at radius 2 is 1.75 bits per heavy atom. The average Bonchev–Trinajstić information content (AvgIpc) is 2.62. The number of anilines is 2. The standard InChI is InChI=1S/C18H19F3N4O.2ClH/c19-18(20,21)12-5-6-16(23-11-12)25-9-7-13(8-10-25)24-17(26)14-3-1-2-4-15(14)22;;/h1-6,11,13H,7-10,22H2,(H,24,26);2*1H. The van der Waals surface area contributed by atoms with E-state index in [9.17, 15) is 18.0 Å². The van der Waals surface area contributed by atoms with Gasteiger partial charge in [-0.15, -0.1) is 24.8 Å². The number of alkyl halides is 3. The molecule has 2 heterocycles. The quantitative estimate of drug-likeness (QED) is 0.715. The number of hydrogen-bond acceptors (Lipinski definition) is 4. The summed E-state index contributed by atoms with van der Waals surface area (Å²) in [6.07, 6.45) is -2.17. The third-order valence-electron chi connectivity index (χ3n) is 4.43. The number of carbonyl (C=O) groups excluding carboxylic acids is 1. The molecule has 2 aromatic rings. The van der Waals surface area contributed by atoms with Gasteiger partial charge < -0.3 is 16.0 Å². The van der Waals surface area contributed by atoms with E-state index in [1.165, 1.54) is 6.07 Å². The normalized spacial score (nSPS) is 14.6. The summed E-state index contributed by atoms with van der Waals surface area (Å²) in [6, 6.07) is 9.28. The summed E-state index contributed by atoms with van der Waals surface area (Å²) in [7, 11) is 0. The highest BCUT2D eigenvalue weighted by Crippen LogP contribution is 2.29. The number of nitrogen functional groups attached to an aromatic ring is 1. The summed E-state index contributed by atoms with van der Waals surface area (Å²) in [6.45, 7) is 1.21. The van der Waals surface area contributed by atoms with Crippen LogP contribution in [0.15, 0.2) is 42.6 Å². The van der Waals surface area contributed by atoms with E-state index in [1.54, 1.807) is 24.3 Å². The molecular formula is C18H21Cl2F3N4O. The number of aromatic nitrogens is 1. The van der Waals surface area contributed by atoms with Gasteiger partial charge in [-0.1, -0.05) is 12.1 Å². The number of amides is 1. The Balaban J connectivity index is 0.00000196. The van der Waals surface area contributed by atoms with Gasteiger partial charge in [-0.3, -0.25) is 4.79 Å². The van der Waals surface area contributed by atoms with Gasteiger partial charge in [0.15, 0.2) is 0 Å². The van der Waals surface area contributed by atoms with Gasteiger partial charge in [0.05, 0.1) is 11.1 Å². The number of hydrogen-bond donors (Lipinski definition) is 2. The van der Waals surface area contributed by atoms with Crippen molar-refractivity contribution in [2.24, 2.45) is 0 Å². The van der Waals surface area contributed by atoms with E-state index in [4.69, 9.17) is 5.73 Å². The number of nitrogens with one attached hydrogen (secondary N) is 1. The van der Waals surface area contributed by atoms with E-state index in [0.29, 0.717) is 43.0 Å². The molecule has 154 valence electrons. The topological polar surface area (TPSA) is 71.2 Å². The molecule has 1 saturated heterocycles. The molecule has 1 aliphatic rings. The lowest BCUT2D eigenvalue weighted by molar-refractivity contribution is -0.137. The van der Waals surface area contributed by atoms with Gasteiger partial charge in [-0.05, 0) is 37.1 Å². The lowest BCUT2D eigenvalue weighted by Crippen LogP contribution is -2.45. The molecule has 0 spiro atoms. The SMILES string of the molecule is Cl.Cl.Nc1ccccc1C(=O)NC1CCN(c2ccc(C(F)(F)F)cn2)CC1. The van der Waals surface area contributed by atoms with Gasteiger partial charge in [0.25, 0.3) is 5.91 Å². The minimum Gasteiger partial charge on any atom is -0.398 e. The van der Waals surface area contributed by atoms with Gasteiger partial charge in [0.1, 0.15) is 5.82 Å². The second-order valence-corrected chi connectivity index (χ2v) is 6.22. The van der Waals surface area contributed by atoms with Gasteiger partial charge in [-0.25, -0.2) is 4.98 Å². The molecule has 5 nitrogen and oxygen atoms in total. The predicted octanol–water partition coefficient (Wildman–Crippen LogP) is 3.93. The van der Waals surface area contributed by atoms with E-state index in [-0.39, 0.29) is 36.8 Å². The van der Waals surface area contributed by atoms with Crippen molar-refractivity contribution in [2.75, 3.05) is 23.7 Å². The molecule has 3 N–H and O–H groups in total. The summed E-state index contributed by atoms with van der Waals surface area (Å²) < 4.78 is 37.8. The molecule has 1 fully saturated rings. The first-order chi connectivity index (χ1) is 12.3. The Morgan fingerprint density at radius 3 is 2.29 bits per heavy atom. The Morgan fingerprint density at radius 1 is 1.11 bits per heavy atom. The number of pyridine rings is 1. The van der Waals surface area contributed by atoms with Crippen molar-refractivity contribution in [3.05, 3.63) is 53.7 Å². The largest absolute Gasteiger partial charge is 0.417 e. The Bertz CT molecular complexity index is 779. The minimum absolute atomic E-state index is 0. The molecule has 0 unspecified atom stereocenters. The summed E-state index contributed by atoms with van der Waals surface area (Å²) in [5, 5.41) is 2.96. The zero-order chi connectivity index (χ0) is 18.7. The second-order valence-electron chi connectivity index (χ2n) is 6.22. The Kier molecular flexibility index (Phi) is 8.38. The number of para-hydroxylation sites is 1. The smallest absolute Gasteiger partial charge is 0.398 e. The fourth-order valence-corrected chi connectivity index (χ4v) is 2.96. The number of nitrogens with two attached hydrogens (primary N) is 1. The van der Waals surface area contributed by atoms with Crippen LogP contribution in [0.3, 0.4) is 0 Å². The molecular weight excluding hydrogens is 416 g/mol. The van der Waals surface area contributed by atoms with Crippen LogP contribution in [0, 0.1) is 0 Å². The zero-order valence-corrected chi connectivity index (χ0v) is 16.4. The molecule has 1 aromatic heterocycles. The lowest BCUT2D eigenvalue weighted by Gasteiger charge is -2.33. The highest BCUT2D eigenvalue weighted by molar-refractivity contribution is 5.99. The lowest BCUT2D eigenvalue weighted by atomic mass is 10.0. The minimum atomic E-state index is -4.39. The number of rotatable bonds is 3. The summed E-state index contributed by atoms with van der Waals surface area (Å²) in [5.74, 6) is 0.296. The maximum absolute atomic E-state index is 12.6. The van der Waals surface area contributed by atoms with Crippen LogP contribution in [0.5, 0.6) is 0 Å². The third-order valence-corrected chi connectivity index (χ3v) is 4.43. The maximum Gasteiger partial charge on any atom is 0.417 e. The summed E-state index contributed by atoms with van der Waals surface area (Å²) >= 11 is 0. The van der Waals surface area contributed by atoms with Crippen LogP contribution in [-0.4, -0.2) is 30.0 Å². The molecule has 0 bridgehead atoms. The van der Waals surface area contributed by atoms with Crippen LogP contribution < -0.4 is 16.0 Å². The first-order valence-corrected chi connectivity index (χ1v) is 8.28. The van der Waals surface area contributed by atoms with Crippen molar-refractivity contribution in [1.29, 1.82) is 0 Å².